The minimum atomic E-state index is -0.0316. The molecule has 166 valence electrons. The Bertz CT molecular complexity index is 1080. The second-order valence-electron chi connectivity index (χ2n) is 8.21. The normalized spacial score (nSPS) is 15.7. The molecule has 0 spiro atoms. The Morgan fingerprint density at radius 1 is 1.19 bits per heavy atom. The Balaban J connectivity index is 1.54. The number of ether oxygens (including phenoxy) is 1. The minimum Gasteiger partial charge on any atom is -0.377 e. The maximum Gasteiger partial charge on any atom is 0.254 e. The number of anilines is 2. The quantitative estimate of drug-likeness (QED) is 0.547. The molecular weight excluding hydrogens is 400 g/mol. The second-order valence-corrected chi connectivity index (χ2v) is 8.21. The lowest BCUT2D eigenvalue weighted by molar-refractivity contribution is 0.0732. The summed E-state index contributed by atoms with van der Waals surface area (Å²) >= 11 is 0. The summed E-state index contributed by atoms with van der Waals surface area (Å²) in [7, 11) is 0. The molecule has 1 atom stereocenters. The number of nitrogens with zero attached hydrogens (tertiary/aromatic N) is 3. The van der Waals surface area contributed by atoms with Crippen molar-refractivity contribution in [2.75, 3.05) is 18.5 Å². The summed E-state index contributed by atoms with van der Waals surface area (Å²) in [5, 5.41) is 3.41. The van der Waals surface area contributed by atoms with Crippen LogP contribution in [0.25, 0.3) is 0 Å². The van der Waals surface area contributed by atoms with Gasteiger partial charge in [0.15, 0.2) is 0 Å². The van der Waals surface area contributed by atoms with Gasteiger partial charge in [-0.25, -0.2) is 4.98 Å². The van der Waals surface area contributed by atoms with Crippen LogP contribution < -0.4 is 5.32 Å². The van der Waals surface area contributed by atoms with Gasteiger partial charge in [-0.1, -0.05) is 18.2 Å². The molecule has 0 radical (unpaired) electrons. The lowest BCUT2D eigenvalue weighted by atomic mass is 10.1. The Hall–Kier alpha value is -3.25. The molecule has 0 saturated carbocycles. The molecule has 32 heavy (non-hydrogen) atoms. The topological polar surface area (TPSA) is 67.3 Å². The number of benzene rings is 1. The third-order valence-corrected chi connectivity index (χ3v) is 5.77. The molecule has 0 aliphatic carbocycles. The summed E-state index contributed by atoms with van der Waals surface area (Å²) in [4.78, 5) is 24.5. The van der Waals surface area contributed by atoms with E-state index in [1.165, 1.54) is 0 Å². The van der Waals surface area contributed by atoms with Gasteiger partial charge < -0.3 is 15.0 Å². The van der Waals surface area contributed by atoms with Crippen LogP contribution in [-0.4, -0.2) is 33.9 Å². The van der Waals surface area contributed by atoms with Gasteiger partial charge in [-0.2, -0.15) is 0 Å². The molecule has 3 aromatic rings. The number of carbonyl (C=O) groups excluding carboxylic acids is 1. The fraction of sp³-hybridized carbons (Fsp3) is 0.346. The number of carbonyl (C=O) groups is 1. The summed E-state index contributed by atoms with van der Waals surface area (Å²) in [6.45, 7) is 7.97. The number of rotatable bonds is 7. The average molecular weight is 431 g/mol. The molecule has 1 fully saturated rings. The van der Waals surface area contributed by atoms with Crippen molar-refractivity contribution in [2.45, 2.75) is 46.3 Å². The first-order chi connectivity index (χ1) is 15.5. The number of likely N-dealkylation sites (tertiary alicyclic amines) is 1. The standard InChI is InChI=1S/C26H30N4O2/c1-4-32-17-20-9-11-21(12-10-20)26(31)30-14-6-8-24(30)23-16-22(15-19(3)28-23)29-25-18(2)7-5-13-27-25/h5,7,9-13,15-16,24H,4,6,8,14,17H2,1-3H3,(H,27,28,29)/t24-/m1/s1. The molecular formula is C26H30N4O2. The van der Waals surface area contributed by atoms with Crippen molar-refractivity contribution in [1.82, 2.24) is 14.9 Å². The molecule has 4 rings (SSSR count). The van der Waals surface area contributed by atoms with Gasteiger partial charge in [0, 0.05) is 36.3 Å². The molecule has 3 heterocycles. The average Bonchev–Trinajstić information content (AvgIpc) is 3.29. The lowest BCUT2D eigenvalue weighted by Crippen LogP contribution is -2.31. The number of aromatic nitrogens is 2. The highest BCUT2D eigenvalue weighted by Gasteiger charge is 2.32. The van der Waals surface area contributed by atoms with Crippen molar-refractivity contribution in [3.63, 3.8) is 0 Å². The van der Waals surface area contributed by atoms with Crippen LogP contribution in [0.15, 0.2) is 54.7 Å². The van der Waals surface area contributed by atoms with Crippen molar-refractivity contribution in [2.24, 2.45) is 0 Å². The van der Waals surface area contributed by atoms with Crippen LogP contribution in [0.4, 0.5) is 11.5 Å². The van der Waals surface area contributed by atoms with Crippen molar-refractivity contribution in [1.29, 1.82) is 0 Å². The van der Waals surface area contributed by atoms with Gasteiger partial charge in [0.25, 0.3) is 5.91 Å². The Labute approximate surface area is 189 Å². The third kappa shape index (κ3) is 4.97. The number of nitrogens with one attached hydrogen (secondary N) is 1. The van der Waals surface area contributed by atoms with E-state index in [0.717, 1.165) is 53.4 Å². The van der Waals surface area contributed by atoms with E-state index in [1.807, 2.05) is 74.2 Å². The first-order valence-electron chi connectivity index (χ1n) is 11.2. The van der Waals surface area contributed by atoms with E-state index in [2.05, 4.69) is 10.3 Å². The number of aryl methyl sites for hydroxylation is 2. The molecule has 0 unspecified atom stereocenters. The maximum atomic E-state index is 13.3. The van der Waals surface area contributed by atoms with Gasteiger partial charge >= 0.3 is 0 Å². The third-order valence-electron chi connectivity index (χ3n) is 5.77. The molecule has 0 bridgehead atoms. The Morgan fingerprint density at radius 2 is 2.00 bits per heavy atom. The van der Waals surface area contributed by atoms with E-state index >= 15 is 0 Å². The van der Waals surface area contributed by atoms with Gasteiger partial charge in [0.05, 0.1) is 18.3 Å². The summed E-state index contributed by atoms with van der Waals surface area (Å²) < 4.78 is 5.45. The zero-order valence-electron chi connectivity index (χ0n) is 19.0. The largest absolute Gasteiger partial charge is 0.377 e. The summed E-state index contributed by atoms with van der Waals surface area (Å²) in [6.07, 6.45) is 3.66. The molecule has 1 N–H and O–H groups in total. The van der Waals surface area contributed by atoms with Gasteiger partial charge in [0.1, 0.15) is 5.82 Å². The molecule has 1 aliphatic heterocycles. The summed E-state index contributed by atoms with van der Waals surface area (Å²) in [6, 6.07) is 15.7. The van der Waals surface area contributed by atoms with Crippen LogP contribution in [0.5, 0.6) is 0 Å². The maximum absolute atomic E-state index is 13.3. The van der Waals surface area contributed by atoms with E-state index in [9.17, 15) is 4.79 Å². The first kappa shape index (κ1) is 22.0. The molecule has 1 saturated heterocycles. The van der Waals surface area contributed by atoms with Crippen LogP contribution in [-0.2, 0) is 11.3 Å². The van der Waals surface area contributed by atoms with Gasteiger partial charge in [-0.15, -0.1) is 0 Å². The fourth-order valence-corrected chi connectivity index (χ4v) is 4.14. The van der Waals surface area contributed by atoms with E-state index < -0.39 is 0 Å². The highest BCUT2D eigenvalue weighted by molar-refractivity contribution is 5.94. The van der Waals surface area contributed by atoms with Crippen molar-refractivity contribution < 1.29 is 9.53 Å². The van der Waals surface area contributed by atoms with E-state index in [1.54, 1.807) is 6.20 Å². The molecule has 2 aromatic heterocycles. The van der Waals surface area contributed by atoms with Crippen LogP contribution in [0.3, 0.4) is 0 Å². The highest BCUT2D eigenvalue weighted by atomic mass is 16.5. The number of hydrogen-bond acceptors (Lipinski definition) is 5. The first-order valence-corrected chi connectivity index (χ1v) is 11.2. The minimum absolute atomic E-state index is 0.0316. The second kappa shape index (κ2) is 9.92. The Kier molecular flexibility index (Phi) is 6.81. The van der Waals surface area contributed by atoms with Crippen LogP contribution in [0.2, 0.25) is 0 Å². The zero-order chi connectivity index (χ0) is 22.5. The van der Waals surface area contributed by atoms with Gasteiger partial charge in [0.2, 0.25) is 0 Å². The zero-order valence-corrected chi connectivity index (χ0v) is 19.0. The SMILES string of the molecule is CCOCc1ccc(C(=O)N2CCC[C@@H]2c2cc(Nc3ncccc3C)cc(C)n2)cc1. The Morgan fingerprint density at radius 3 is 2.75 bits per heavy atom. The molecule has 1 aliphatic rings. The number of pyridine rings is 2. The monoisotopic (exact) mass is 430 g/mol. The molecule has 1 aromatic carbocycles. The van der Waals surface area contributed by atoms with Crippen molar-refractivity contribution in [3.8, 4) is 0 Å². The van der Waals surface area contributed by atoms with Crippen LogP contribution >= 0.6 is 0 Å². The smallest absolute Gasteiger partial charge is 0.254 e. The van der Waals surface area contributed by atoms with Crippen LogP contribution in [0, 0.1) is 13.8 Å². The van der Waals surface area contributed by atoms with Crippen molar-refractivity contribution in [3.05, 3.63) is 82.8 Å². The highest BCUT2D eigenvalue weighted by Crippen LogP contribution is 2.34. The molecule has 6 heteroatoms. The number of hydrogen-bond donors (Lipinski definition) is 1. The van der Waals surface area contributed by atoms with Crippen LogP contribution in [0.1, 0.15) is 58.7 Å². The van der Waals surface area contributed by atoms with Gasteiger partial charge in [-0.05, 0) is 75.1 Å². The van der Waals surface area contributed by atoms with Crippen molar-refractivity contribution >= 4 is 17.4 Å². The van der Waals surface area contributed by atoms with E-state index in [-0.39, 0.29) is 11.9 Å². The molecule has 6 nitrogen and oxygen atoms in total. The summed E-state index contributed by atoms with van der Waals surface area (Å²) in [5.74, 6) is 0.879. The predicted molar refractivity (Wildman–Crippen MR) is 126 cm³/mol. The fourth-order valence-electron chi connectivity index (χ4n) is 4.14. The number of amides is 1. The van der Waals surface area contributed by atoms with Gasteiger partial charge in [-0.3, -0.25) is 9.78 Å². The molecule has 1 amide bonds. The van der Waals surface area contributed by atoms with E-state index in [4.69, 9.17) is 9.72 Å². The van der Waals surface area contributed by atoms with E-state index in [0.29, 0.717) is 18.8 Å². The lowest BCUT2D eigenvalue weighted by Gasteiger charge is -2.25. The summed E-state index contributed by atoms with van der Waals surface area (Å²) in [5.41, 5.74) is 5.62. The predicted octanol–water partition coefficient (Wildman–Crippen LogP) is 5.35.